The molecule has 1 aromatic carbocycles. The first-order valence-corrected chi connectivity index (χ1v) is 9.97. The molecular formula is C17H20N6O4S. The summed E-state index contributed by atoms with van der Waals surface area (Å²) in [4.78, 5) is 13.9. The Morgan fingerprint density at radius 2 is 2.04 bits per heavy atom. The summed E-state index contributed by atoms with van der Waals surface area (Å²) in [5, 5.41) is 16.7. The first kappa shape index (κ1) is 19.9. The molecule has 0 saturated carbocycles. The van der Waals surface area contributed by atoms with Crippen molar-refractivity contribution < 1.29 is 17.9 Å². The summed E-state index contributed by atoms with van der Waals surface area (Å²) < 4.78 is 33.0. The molecule has 1 aromatic heterocycles. The Labute approximate surface area is 163 Å². The van der Waals surface area contributed by atoms with Gasteiger partial charge in [-0.1, -0.05) is 5.21 Å². The Hall–Kier alpha value is -2.81. The van der Waals surface area contributed by atoms with E-state index in [0.29, 0.717) is 18.7 Å². The van der Waals surface area contributed by atoms with Crippen LogP contribution in [0, 0.1) is 11.3 Å². The van der Waals surface area contributed by atoms with Crippen LogP contribution in [0.5, 0.6) is 0 Å². The second-order valence-electron chi connectivity index (χ2n) is 6.42. The van der Waals surface area contributed by atoms with Crippen LogP contribution in [0.4, 0.5) is 0 Å². The van der Waals surface area contributed by atoms with E-state index < -0.39 is 10.0 Å². The fourth-order valence-corrected chi connectivity index (χ4v) is 4.22. The van der Waals surface area contributed by atoms with Crippen LogP contribution in [0.2, 0.25) is 0 Å². The van der Waals surface area contributed by atoms with Crippen molar-refractivity contribution in [1.82, 2.24) is 24.2 Å². The van der Waals surface area contributed by atoms with E-state index in [0.717, 1.165) is 0 Å². The Kier molecular flexibility index (Phi) is 5.73. The van der Waals surface area contributed by atoms with Crippen LogP contribution < -0.4 is 0 Å². The lowest BCUT2D eigenvalue weighted by molar-refractivity contribution is 0.0738. The van der Waals surface area contributed by atoms with E-state index in [2.05, 4.69) is 10.3 Å². The average molecular weight is 404 g/mol. The predicted molar refractivity (Wildman–Crippen MR) is 97.8 cm³/mol. The Morgan fingerprint density at radius 1 is 1.36 bits per heavy atom. The van der Waals surface area contributed by atoms with Crippen molar-refractivity contribution in [3.8, 4) is 6.07 Å². The molecule has 0 aliphatic carbocycles. The molecule has 0 spiro atoms. The number of ether oxygens (including phenoxy) is 1. The molecular weight excluding hydrogens is 384 g/mol. The van der Waals surface area contributed by atoms with E-state index in [9.17, 15) is 13.2 Å². The first-order chi connectivity index (χ1) is 13.4. The van der Waals surface area contributed by atoms with E-state index in [1.54, 1.807) is 14.2 Å². The van der Waals surface area contributed by atoms with Crippen molar-refractivity contribution in [2.75, 3.05) is 40.4 Å². The summed E-state index contributed by atoms with van der Waals surface area (Å²) in [6.07, 6.45) is 1.53. The molecule has 2 aromatic rings. The molecule has 11 heteroatoms. The van der Waals surface area contributed by atoms with Gasteiger partial charge in [0, 0.05) is 33.8 Å². The Balaban J connectivity index is 1.63. The summed E-state index contributed by atoms with van der Waals surface area (Å²) in [7, 11) is -0.421. The van der Waals surface area contributed by atoms with Crippen LogP contribution in [0.1, 0.15) is 22.1 Å². The molecule has 1 aliphatic heterocycles. The van der Waals surface area contributed by atoms with Gasteiger partial charge in [-0.15, -0.1) is 5.10 Å². The maximum absolute atomic E-state index is 12.6. The highest BCUT2D eigenvalue weighted by atomic mass is 32.2. The molecule has 148 valence electrons. The topological polar surface area (TPSA) is 121 Å². The molecule has 0 radical (unpaired) electrons. The minimum atomic E-state index is -3.63. The molecule has 1 aliphatic rings. The van der Waals surface area contributed by atoms with E-state index >= 15 is 0 Å². The number of rotatable bonds is 7. The van der Waals surface area contributed by atoms with Crippen LogP contribution in [0.3, 0.4) is 0 Å². The largest absolute Gasteiger partial charge is 0.383 e. The van der Waals surface area contributed by atoms with Crippen molar-refractivity contribution in [3.05, 3.63) is 41.7 Å². The van der Waals surface area contributed by atoms with Gasteiger partial charge in [0.1, 0.15) is 0 Å². The Bertz CT molecular complexity index is 989. The quantitative estimate of drug-likeness (QED) is 0.642. The number of carbonyl (C=O) groups excluding carboxylic acids is 1. The van der Waals surface area contributed by atoms with E-state index in [-0.39, 0.29) is 35.6 Å². The van der Waals surface area contributed by atoms with Gasteiger partial charge in [-0.2, -0.15) is 9.57 Å². The SMILES string of the molecule is COCCN(C)C(=O)c1cn(C2CN(S(=O)(=O)c3ccc(C#N)cc3)C2)nn1. The van der Waals surface area contributed by atoms with Crippen molar-refractivity contribution in [2.45, 2.75) is 10.9 Å². The highest BCUT2D eigenvalue weighted by molar-refractivity contribution is 7.89. The van der Waals surface area contributed by atoms with E-state index in [1.165, 1.54) is 44.3 Å². The number of carbonyl (C=O) groups is 1. The second-order valence-corrected chi connectivity index (χ2v) is 8.35. The Morgan fingerprint density at radius 3 is 2.64 bits per heavy atom. The molecule has 1 amide bonds. The van der Waals surface area contributed by atoms with Crippen molar-refractivity contribution in [2.24, 2.45) is 0 Å². The summed E-state index contributed by atoms with van der Waals surface area (Å²) in [6, 6.07) is 7.55. The summed E-state index contributed by atoms with van der Waals surface area (Å²) in [5.74, 6) is -0.273. The van der Waals surface area contributed by atoms with Crippen LogP contribution in [0.25, 0.3) is 0 Å². The molecule has 10 nitrogen and oxygen atoms in total. The third kappa shape index (κ3) is 3.89. The highest BCUT2D eigenvalue weighted by Crippen LogP contribution is 2.28. The fourth-order valence-electron chi connectivity index (χ4n) is 2.71. The lowest BCUT2D eigenvalue weighted by atomic mass is 10.2. The molecule has 0 bridgehead atoms. The normalized spacial score (nSPS) is 15.0. The standard InChI is InChI=1S/C17H20N6O4S/c1-21(7-8-27-2)17(24)16-12-23(20-19-16)14-10-22(11-14)28(25,26)15-5-3-13(9-18)4-6-15/h3-6,12,14H,7-8,10-11H2,1-2H3. The molecule has 0 unspecified atom stereocenters. The van der Waals surface area contributed by atoms with Crippen LogP contribution in [-0.4, -0.2) is 78.9 Å². The maximum Gasteiger partial charge on any atom is 0.275 e. The second kappa shape index (κ2) is 8.05. The number of aromatic nitrogens is 3. The van der Waals surface area contributed by atoms with Gasteiger partial charge in [-0.05, 0) is 24.3 Å². The molecule has 3 rings (SSSR count). The van der Waals surface area contributed by atoms with Crippen molar-refractivity contribution in [1.29, 1.82) is 5.26 Å². The number of benzene rings is 1. The third-order valence-electron chi connectivity index (χ3n) is 4.53. The smallest absolute Gasteiger partial charge is 0.275 e. The molecule has 1 saturated heterocycles. The molecule has 1 fully saturated rings. The van der Waals surface area contributed by atoms with Crippen LogP contribution in [-0.2, 0) is 14.8 Å². The molecule has 2 heterocycles. The maximum atomic E-state index is 12.6. The fraction of sp³-hybridized carbons (Fsp3) is 0.412. The van der Waals surface area contributed by atoms with Gasteiger partial charge in [-0.25, -0.2) is 13.1 Å². The lowest BCUT2D eigenvalue weighted by Gasteiger charge is -2.37. The van der Waals surface area contributed by atoms with Crippen molar-refractivity contribution >= 4 is 15.9 Å². The van der Waals surface area contributed by atoms with Crippen LogP contribution >= 0.6 is 0 Å². The number of methoxy groups -OCH3 is 1. The first-order valence-electron chi connectivity index (χ1n) is 8.53. The number of sulfonamides is 1. The van der Waals surface area contributed by atoms with Gasteiger partial charge < -0.3 is 9.64 Å². The molecule has 28 heavy (non-hydrogen) atoms. The van der Waals surface area contributed by atoms with Gasteiger partial charge in [0.05, 0.1) is 35.4 Å². The minimum absolute atomic E-state index is 0.138. The third-order valence-corrected chi connectivity index (χ3v) is 6.38. The highest BCUT2D eigenvalue weighted by Gasteiger charge is 2.38. The van der Waals surface area contributed by atoms with Gasteiger partial charge in [0.15, 0.2) is 5.69 Å². The molecule has 0 atom stereocenters. The number of amides is 1. The van der Waals surface area contributed by atoms with Crippen LogP contribution in [0.15, 0.2) is 35.4 Å². The number of hydrogen-bond donors (Lipinski definition) is 0. The summed E-state index contributed by atoms with van der Waals surface area (Å²) >= 11 is 0. The monoisotopic (exact) mass is 404 g/mol. The van der Waals surface area contributed by atoms with E-state index in [1.807, 2.05) is 6.07 Å². The average Bonchev–Trinajstić information content (AvgIpc) is 3.13. The van der Waals surface area contributed by atoms with E-state index in [4.69, 9.17) is 10.00 Å². The minimum Gasteiger partial charge on any atom is -0.383 e. The lowest BCUT2D eigenvalue weighted by Crippen LogP contribution is -2.50. The predicted octanol–water partition coefficient (Wildman–Crippen LogP) is 0.114. The zero-order chi connectivity index (χ0) is 20.3. The zero-order valence-electron chi connectivity index (χ0n) is 15.5. The van der Waals surface area contributed by atoms with Gasteiger partial charge in [0.2, 0.25) is 10.0 Å². The van der Waals surface area contributed by atoms with Crippen molar-refractivity contribution in [3.63, 3.8) is 0 Å². The number of hydrogen-bond acceptors (Lipinski definition) is 7. The number of nitriles is 1. The molecule has 0 N–H and O–H groups in total. The van der Waals surface area contributed by atoms with Gasteiger partial charge in [-0.3, -0.25) is 4.79 Å². The van der Waals surface area contributed by atoms with Gasteiger partial charge >= 0.3 is 0 Å². The van der Waals surface area contributed by atoms with Gasteiger partial charge in [0.25, 0.3) is 5.91 Å². The summed E-state index contributed by atoms with van der Waals surface area (Å²) in [6.45, 7) is 1.32. The summed E-state index contributed by atoms with van der Waals surface area (Å²) in [5.41, 5.74) is 0.600. The zero-order valence-corrected chi connectivity index (χ0v) is 16.3. The number of likely N-dealkylation sites (N-methyl/N-ethyl adjacent to an activating group) is 1. The number of nitrogens with zero attached hydrogens (tertiary/aromatic N) is 6.